The molecule has 1 heterocycles. The van der Waals surface area contributed by atoms with Crippen LogP contribution in [0.1, 0.15) is 20.3 Å². The zero-order valence-electron chi connectivity index (χ0n) is 11.9. The van der Waals surface area contributed by atoms with E-state index in [1.54, 1.807) is 6.07 Å². The fourth-order valence-corrected chi connectivity index (χ4v) is 3.65. The van der Waals surface area contributed by atoms with Gasteiger partial charge in [0, 0.05) is 23.2 Å². The molecule has 1 N–H and O–H groups in total. The Morgan fingerprint density at radius 2 is 2.20 bits per heavy atom. The lowest BCUT2D eigenvalue weighted by molar-refractivity contribution is 0.165. The summed E-state index contributed by atoms with van der Waals surface area (Å²) in [6, 6.07) is 5.42. The summed E-state index contributed by atoms with van der Waals surface area (Å²) in [7, 11) is 0. The van der Waals surface area contributed by atoms with Gasteiger partial charge in [0.2, 0.25) is 0 Å². The van der Waals surface area contributed by atoms with E-state index in [4.69, 9.17) is 27.9 Å². The highest BCUT2D eigenvalue weighted by Gasteiger charge is 2.27. The molecule has 1 saturated heterocycles. The Kier molecular flexibility index (Phi) is 6.34. The van der Waals surface area contributed by atoms with Crippen molar-refractivity contribution in [1.29, 1.82) is 0 Å². The molecule has 112 valence electrons. The third-order valence-corrected chi connectivity index (χ3v) is 5.11. The lowest BCUT2D eigenvalue weighted by Crippen LogP contribution is -2.31. The summed E-state index contributed by atoms with van der Waals surface area (Å²) in [4.78, 5) is 0. The van der Waals surface area contributed by atoms with Crippen LogP contribution in [0.5, 0.6) is 5.75 Å². The van der Waals surface area contributed by atoms with Crippen LogP contribution >= 0.6 is 35.0 Å². The second-order valence-corrected chi connectivity index (χ2v) is 7.82. The van der Waals surface area contributed by atoms with Gasteiger partial charge in [-0.05, 0) is 36.4 Å². The summed E-state index contributed by atoms with van der Waals surface area (Å²) >= 11 is 14.1. The van der Waals surface area contributed by atoms with Crippen LogP contribution in [0.15, 0.2) is 18.2 Å². The second kappa shape index (κ2) is 7.79. The first-order chi connectivity index (χ1) is 9.56. The first-order valence-electron chi connectivity index (χ1n) is 7.00. The van der Waals surface area contributed by atoms with E-state index in [2.05, 4.69) is 19.2 Å². The van der Waals surface area contributed by atoms with Crippen LogP contribution in [0.2, 0.25) is 10.0 Å². The first kappa shape index (κ1) is 16.3. The number of hydrogen-bond acceptors (Lipinski definition) is 3. The number of benzene rings is 1. The van der Waals surface area contributed by atoms with Crippen LogP contribution in [0.4, 0.5) is 0 Å². The van der Waals surface area contributed by atoms with E-state index in [-0.39, 0.29) is 6.10 Å². The van der Waals surface area contributed by atoms with Crippen LogP contribution in [0, 0.1) is 5.92 Å². The summed E-state index contributed by atoms with van der Waals surface area (Å²) in [6.07, 6.45) is 1.35. The van der Waals surface area contributed by atoms with Crippen molar-refractivity contribution in [2.24, 2.45) is 5.92 Å². The number of thioether (sulfide) groups is 1. The third-order valence-electron chi connectivity index (χ3n) is 3.39. The Bertz CT molecular complexity index is 436. The van der Waals surface area contributed by atoms with Gasteiger partial charge in [0.05, 0.1) is 5.02 Å². The number of halogens is 2. The molecule has 1 aliphatic rings. The Morgan fingerprint density at radius 1 is 1.40 bits per heavy atom. The van der Waals surface area contributed by atoms with E-state index < -0.39 is 0 Å². The predicted octanol–water partition coefficient (Wildman–Crippen LogP) is 4.49. The van der Waals surface area contributed by atoms with E-state index in [0.717, 1.165) is 31.0 Å². The van der Waals surface area contributed by atoms with Gasteiger partial charge in [-0.1, -0.05) is 37.0 Å². The van der Waals surface area contributed by atoms with Crippen molar-refractivity contribution in [3.05, 3.63) is 28.2 Å². The van der Waals surface area contributed by atoms with Gasteiger partial charge in [-0.15, -0.1) is 0 Å². The van der Waals surface area contributed by atoms with Crippen molar-refractivity contribution in [3.8, 4) is 5.75 Å². The minimum Gasteiger partial charge on any atom is -0.488 e. The molecule has 2 rings (SSSR count). The average molecular weight is 334 g/mol. The number of ether oxygens (including phenoxy) is 1. The smallest absolute Gasteiger partial charge is 0.138 e. The molecule has 5 heteroatoms. The summed E-state index contributed by atoms with van der Waals surface area (Å²) in [5.74, 6) is 2.27. The SMILES string of the molecule is CC(C)SCC(Oc1ccc(Cl)cc1Cl)C1CCNC1. The molecule has 0 spiro atoms. The Labute approximate surface area is 135 Å². The number of nitrogens with one attached hydrogen (secondary N) is 1. The maximum atomic E-state index is 6.21. The quantitative estimate of drug-likeness (QED) is 0.828. The first-order valence-corrected chi connectivity index (χ1v) is 8.80. The molecule has 2 unspecified atom stereocenters. The molecule has 1 aromatic carbocycles. The normalized spacial score (nSPS) is 20.4. The van der Waals surface area contributed by atoms with Gasteiger partial charge in [-0.25, -0.2) is 0 Å². The monoisotopic (exact) mass is 333 g/mol. The van der Waals surface area contributed by atoms with Crippen LogP contribution in [-0.2, 0) is 0 Å². The molecule has 0 saturated carbocycles. The van der Waals surface area contributed by atoms with Gasteiger partial charge in [-0.2, -0.15) is 11.8 Å². The largest absolute Gasteiger partial charge is 0.488 e. The van der Waals surface area contributed by atoms with Crippen molar-refractivity contribution >= 4 is 35.0 Å². The average Bonchev–Trinajstić information content (AvgIpc) is 2.90. The van der Waals surface area contributed by atoms with Crippen LogP contribution < -0.4 is 10.1 Å². The number of hydrogen-bond donors (Lipinski definition) is 1. The molecular formula is C15H21Cl2NOS. The lowest BCUT2D eigenvalue weighted by Gasteiger charge is -2.25. The van der Waals surface area contributed by atoms with E-state index in [1.165, 1.54) is 0 Å². The van der Waals surface area contributed by atoms with Gasteiger partial charge in [0.1, 0.15) is 11.9 Å². The van der Waals surface area contributed by atoms with Gasteiger partial charge in [0.25, 0.3) is 0 Å². The zero-order valence-corrected chi connectivity index (χ0v) is 14.2. The highest BCUT2D eigenvalue weighted by molar-refractivity contribution is 7.99. The fraction of sp³-hybridized carbons (Fsp3) is 0.600. The van der Waals surface area contributed by atoms with E-state index in [9.17, 15) is 0 Å². The number of rotatable bonds is 6. The highest BCUT2D eigenvalue weighted by Crippen LogP contribution is 2.31. The topological polar surface area (TPSA) is 21.3 Å². The van der Waals surface area contributed by atoms with Gasteiger partial charge in [0.15, 0.2) is 0 Å². The van der Waals surface area contributed by atoms with E-state index in [0.29, 0.717) is 21.2 Å². The third kappa shape index (κ3) is 4.73. The molecule has 20 heavy (non-hydrogen) atoms. The van der Waals surface area contributed by atoms with Crippen molar-refractivity contribution in [2.45, 2.75) is 31.6 Å². The molecule has 1 aromatic rings. The van der Waals surface area contributed by atoms with E-state index >= 15 is 0 Å². The predicted molar refractivity (Wildman–Crippen MR) is 89.4 cm³/mol. The fourth-order valence-electron chi connectivity index (χ4n) is 2.28. The Hall–Kier alpha value is -0.0900. The molecule has 0 bridgehead atoms. The van der Waals surface area contributed by atoms with Crippen molar-refractivity contribution in [1.82, 2.24) is 5.32 Å². The standard InChI is InChI=1S/C15H21Cl2NOS/c1-10(2)20-9-15(11-5-6-18-8-11)19-14-4-3-12(16)7-13(14)17/h3-4,7,10-11,15,18H,5-6,8-9H2,1-2H3. The highest BCUT2D eigenvalue weighted by atomic mass is 35.5. The Balaban J connectivity index is 2.05. The summed E-state index contributed by atoms with van der Waals surface area (Å²) < 4.78 is 6.18. The summed E-state index contributed by atoms with van der Waals surface area (Å²) in [5.41, 5.74) is 0. The lowest BCUT2D eigenvalue weighted by atomic mass is 10.0. The molecule has 2 atom stereocenters. The van der Waals surface area contributed by atoms with Crippen LogP contribution in [-0.4, -0.2) is 30.2 Å². The minimum atomic E-state index is 0.191. The maximum absolute atomic E-state index is 6.21. The Morgan fingerprint density at radius 3 is 2.80 bits per heavy atom. The zero-order chi connectivity index (χ0) is 14.5. The van der Waals surface area contributed by atoms with Crippen LogP contribution in [0.25, 0.3) is 0 Å². The molecule has 2 nitrogen and oxygen atoms in total. The summed E-state index contributed by atoms with van der Waals surface area (Å²) in [5, 5.41) is 5.24. The molecular weight excluding hydrogens is 313 g/mol. The summed E-state index contributed by atoms with van der Waals surface area (Å²) in [6.45, 7) is 6.52. The molecule has 0 aliphatic carbocycles. The molecule has 0 amide bonds. The van der Waals surface area contributed by atoms with Crippen LogP contribution in [0.3, 0.4) is 0 Å². The van der Waals surface area contributed by atoms with Gasteiger partial charge < -0.3 is 10.1 Å². The van der Waals surface area contributed by atoms with E-state index in [1.807, 2.05) is 23.9 Å². The molecule has 1 aliphatic heterocycles. The van der Waals surface area contributed by atoms with Gasteiger partial charge >= 0.3 is 0 Å². The van der Waals surface area contributed by atoms with Crippen molar-refractivity contribution < 1.29 is 4.74 Å². The minimum absolute atomic E-state index is 0.191. The second-order valence-electron chi connectivity index (χ2n) is 5.37. The molecule has 0 radical (unpaired) electrons. The molecule has 1 fully saturated rings. The van der Waals surface area contributed by atoms with Crippen molar-refractivity contribution in [2.75, 3.05) is 18.8 Å². The molecule has 0 aromatic heterocycles. The van der Waals surface area contributed by atoms with Crippen molar-refractivity contribution in [3.63, 3.8) is 0 Å². The van der Waals surface area contributed by atoms with Gasteiger partial charge in [-0.3, -0.25) is 0 Å². The maximum Gasteiger partial charge on any atom is 0.138 e.